The normalized spacial score (nSPS) is 9.70. The monoisotopic (exact) mass is 202 g/mol. The Morgan fingerprint density at radius 2 is 2.50 bits per heavy atom. The zero-order valence-corrected chi connectivity index (χ0v) is 6.93. The summed E-state index contributed by atoms with van der Waals surface area (Å²) in [6.07, 6.45) is 3.68. The average Bonchev–Trinajstić information content (AvgIpc) is 2.31. The van der Waals surface area contributed by atoms with Crippen LogP contribution in [0.3, 0.4) is 0 Å². The van der Waals surface area contributed by atoms with Gasteiger partial charge in [-0.2, -0.15) is 0 Å². The van der Waals surface area contributed by atoms with E-state index in [4.69, 9.17) is 4.42 Å². The second kappa shape index (κ2) is 3.56. The Labute approximate surface area is 67.3 Å². The molecule has 0 saturated heterocycles. The molecule has 1 aromatic heterocycles. The maximum atomic E-state index is 9.95. The molecular formula is C7H7BrO2. The minimum absolute atomic E-state index is 0.520. The molecule has 0 aliphatic rings. The van der Waals surface area contributed by atoms with Crippen molar-refractivity contribution in [2.24, 2.45) is 0 Å². The van der Waals surface area contributed by atoms with Crippen LogP contribution in [-0.4, -0.2) is 6.29 Å². The maximum Gasteiger partial charge on any atom is 0.120 e. The topological polar surface area (TPSA) is 30.2 Å². The van der Waals surface area contributed by atoms with Gasteiger partial charge in [-0.15, -0.1) is 0 Å². The number of aldehydes is 1. The van der Waals surface area contributed by atoms with Gasteiger partial charge in [-0.1, -0.05) is 0 Å². The molecule has 0 N–H and O–H groups in total. The van der Waals surface area contributed by atoms with E-state index in [0.29, 0.717) is 12.8 Å². The summed E-state index contributed by atoms with van der Waals surface area (Å²) in [5.41, 5.74) is 0. The maximum absolute atomic E-state index is 9.95. The summed E-state index contributed by atoms with van der Waals surface area (Å²) in [4.78, 5) is 9.95. The fourth-order valence-corrected chi connectivity index (χ4v) is 1.09. The van der Waals surface area contributed by atoms with Crippen LogP contribution in [0.25, 0.3) is 0 Å². The van der Waals surface area contributed by atoms with E-state index in [9.17, 15) is 4.79 Å². The molecule has 10 heavy (non-hydrogen) atoms. The van der Waals surface area contributed by atoms with Crippen LogP contribution in [0.4, 0.5) is 0 Å². The number of rotatable bonds is 3. The number of furan rings is 1. The van der Waals surface area contributed by atoms with Gasteiger partial charge in [0.25, 0.3) is 0 Å². The standard InChI is InChI=1S/C7H7BrO2/c8-6-3-5-10-7(6)2-1-4-9/h3-5H,1-2H2. The number of carbonyl (C=O) groups is 1. The van der Waals surface area contributed by atoms with Gasteiger partial charge in [-0.25, -0.2) is 0 Å². The van der Waals surface area contributed by atoms with Crippen LogP contribution in [-0.2, 0) is 11.2 Å². The molecule has 3 heteroatoms. The molecule has 0 unspecified atom stereocenters. The fraction of sp³-hybridized carbons (Fsp3) is 0.286. The van der Waals surface area contributed by atoms with Gasteiger partial charge in [0.2, 0.25) is 0 Å². The first-order chi connectivity index (χ1) is 4.84. The van der Waals surface area contributed by atoms with E-state index >= 15 is 0 Å². The highest BCUT2D eigenvalue weighted by Crippen LogP contribution is 2.18. The number of halogens is 1. The van der Waals surface area contributed by atoms with Gasteiger partial charge in [-0.05, 0) is 22.0 Å². The van der Waals surface area contributed by atoms with Crippen molar-refractivity contribution in [1.29, 1.82) is 0 Å². The molecule has 1 aromatic rings. The highest BCUT2D eigenvalue weighted by Gasteiger charge is 2.00. The second-order valence-corrected chi connectivity index (χ2v) is 2.75. The van der Waals surface area contributed by atoms with Crippen molar-refractivity contribution in [3.05, 3.63) is 22.6 Å². The van der Waals surface area contributed by atoms with Crippen molar-refractivity contribution in [3.63, 3.8) is 0 Å². The number of hydrogen-bond acceptors (Lipinski definition) is 2. The molecule has 0 saturated carbocycles. The van der Waals surface area contributed by atoms with Crippen molar-refractivity contribution in [2.75, 3.05) is 0 Å². The van der Waals surface area contributed by atoms with Gasteiger partial charge >= 0.3 is 0 Å². The Bertz CT molecular complexity index is 217. The number of aryl methyl sites for hydroxylation is 1. The molecule has 0 amide bonds. The highest BCUT2D eigenvalue weighted by atomic mass is 79.9. The zero-order chi connectivity index (χ0) is 7.40. The number of carbonyl (C=O) groups excluding carboxylic acids is 1. The third-order valence-electron chi connectivity index (χ3n) is 1.18. The molecule has 0 bridgehead atoms. The Balaban J connectivity index is 2.56. The highest BCUT2D eigenvalue weighted by molar-refractivity contribution is 9.10. The van der Waals surface area contributed by atoms with E-state index in [2.05, 4.69) is 15.9 Å². The molecule has 54 valence electrons. The van der Waals surface area contributed by atoms with Crippen LogP contribution in [0.2, 0.25) is 0 Å². The molecule has 1 rings (SSSR count). The van der Waals surface area contributed by atoms with Gasteiger partial charge in [0.05, 0.1) is 10.7 Å². The van der Waals surface area contributed by atoms with Gasteiger partial charge in [0.1, 0.15) is 12.0 Å². The summed E-state index contributed by atoms with van der Waals surface area (Å²) in [5, 5.41) is 0. The molecule has 0 atom stereocenters. The second-order valence-electron chi connectivity index (χ2n) is 1.90. The summed E-state index contributed by atoms with van der Waals surface area (Å²) in [5.74, 6) is 0.840. The molecule has 0 aliphatic carbocycles. The van der Waals surface area contributed by atoms with Crippen molar-refractivity contribution < 1.29 is 9.21 Å². The van der Waals surface area contributed by atoms with E-state index < -0.39 is 0 Å². The van der Waals surface area contributed by atoms with Crippen LogP contribution < -0.4 is 0 Å². The Kier molecular flexibility index (Phi) is 2.68. The van der Waals surface area contributed by atoms with Crippen LogP contribution in [0.1, 0.15) is 12.2 Å². The Morgan fingerprint density at radius 1 is 1.70 bits per heavy atom. The van der Waals surface area contributed by atoms with E-state index in [1.54, 1.807) is 6.26 Å². The lowest BCUT2D eigenvalue weighted by Gasteiger charge is -1.89. The van der Waals surface area contributed by atoms with Crippen LogP contribution in [0, 0.1) is 0 Å². The lowest BCUT2D eigenvalue weighted by molar-refractivity contribution is -0.107. The lowest BCUT2D eigenvalue weighted by Crippen LogP contribution is -1.82. The summed E-state index contributed by atoms with van der Waals surface area (Å²) < 4.78 is 6.00. The third kappa shape index (κ3) is 1.70. The van der Waals surface area contributed by atoms with E-state index in [0.717, 1.165) is 16.5 Å². The van der Waals surface area contributed by atoms with Gasteiger partial charge in [0, 0.05) is 12.8 Å². The molecular weight excluding hydrogens is 196 g/mol. The molecule has 0 aromatic carbocycles. The molecule has 0 radical (unpaired) electrons. The summed E-state index contributed by atoms with van der Waals surface area (Å²) in [7, 11) is 0. The lowest BCUT2D eigenvalue weighted by atomic mass is 10.3. The largest absolute Gasteiger partial charge is 0.468 e. The van der Waals surface area contributed by atoms with Gasteiger partial charge in [0.15, 0.2) is 0 Å². The predicted octanol–water partition coefficient (Wildman–Crippen LogP) is 2.17. The molecule has 1 heterocycles. The summed E-state index contributed by atoms with van der Waals surface area (Å²) >= 11 is 3.29. The van der Waals surface area contributed by atoms with E-state index in [1.165, 1.54) is 0 Å². The van der Waals surface area contributed by atoms with Crippen LogP contribution in [0.15, 0.2) is 21.2 Å². The Hall–Kier alpha value is -0.570. The Morgan fingerprint density at radius 3 is 3.00 bits per heavy atom. The van der Waals surface area contributed by atoms with Crippen molar-refractivity contribution in [1.82, 2.24) is 0 Å². The fourth-order valence-electron chi connectivity index (χ4n) is 0.693. The third-order valence-corrected chi connectivity index (χ3v) is 1.89. The van der Waals surface area contributed by atoms with Crippen molar-refractivity contribution in [2.45, 2.75) is 12.8 Å². The smallest absolute Gasteiger partial charge is 0.120 e. The quantitative estimate of drug-likeness (QED) is 0.704. The summed E-state index contributed by atoms with van der Waals surface area (Å²) in [6, 6.07) is 1.82. The first kappa shape index (κ1) is 7.54. The van der Waals surface area contributed by atoms with E-state index in [-0.39, 0.29) is 0 Å². The molecule has 0 fully saturated rings. The van der Waals surface area contributed by atoms with Crippen LogP contribution >= 0.6 is 15.9 Å². The first-order valence-corrected chi connectivity index (χ1v) is 3.79. The SMILES string of the molecule is O=CCCc1occc1Br. The van der Waals surface area contributed by atoms with E-state index in [1.807, 2.05) is 6.07 Å². The average molecular weight is 203 g/mol. The van der Waals surface area contributed by atoms with Crippen molar-refractivity contribution >= 4 is 22.2 Å². The predicted molar refractivity (Wildman–Crippen MR) is 40.8 cm³/mol. The van der Waals surface area contributed by atoms with Crippen LogP contribution in [0.5, 0.6) is 0 Å². The number of hydrogen-bond donors (Lipinski definition) is 0. The molecule has 0 spiro atoms. The molecule has 0 aliphatic heterocycles. The minimum atomic E-state index is 0.520. The minimum Gasteiger partial charge on any atom is -0.468 e. The first-order valence-electron chi connectivity index (χ1n) is 3.00. The van der Waals surface area contributed by atoms with Crippen molar-refractivity contribution in [3.8, 4) is 0 Å². The zero-order valence-electron chi connectivity index (χ0n) is 5.34. The molecule has 2 nitrogen and oxygen atoms in total. The van der Waals surface area contributed by atoms with Gasteiger partial charge in [-0.3, -0.25) is 0 Å². The summed E-state index contributed by atoms with van der Waals surface area (Å²) in [6.45, 7) is 0. The van der Waals surface area contributed by atoms with Gasteiger partial charge < -0.3 is 9.21 Å².